The maximum Gasteiger partial charge on any atom is 0.264 e. The van der Waals surface area contributed by atoms with Crippen molar-refractivity contribution in [1.29, 1.82) is 0 Å². The van der Waals surface area contributed by atoms with E-state index < -0.39 is 26.6 Å². The predicted octanol–water partition coefficient (Wildman–Crippen LogP) is 3.02. The van der Waals surface area contributed by atoms with Crippen molar-refractivity contribution in [1.82, 2.24) is 9.78 Å². The van der Waals surface area contributed by atoms with Crippen LogP contribution in [0.15, 0.2) is 59.8 Å². The molecule has 0 aliphatic rings. The molecule has 0 atom stereocenters. The van der Waals surface area contributed by atoms with Gasteiger partial charge < -0.3 is 4.74 Å². The van der Waals surface area contributed by atoms with E-state index in [1.165, 1.54) is 17.1 Å². The zero-order chi connectivity index (χ0) is 18.7. The van der Waals surface area contributed by atoms with Gasteiger partial charge >= 0.3 is 0 Å². The second-order valence-electron chi connectivity index (χ2n) is 5.46. The van der Waals surface area contributed by atoms with Gasteiger partial charge in [-0.3, -0.25) is 9.40 Å². The van der Waals surface area contributed by atoms with E-state index in [-0.39, 0.29) is 5.69 Å². The van der Waals surface area contributed by atoms with Crippen LogP contribution in [-0.2, 0) is 16.6 Å². The number of hydrogen-bond acceptors (Lipinski definition) is 4. The number of methoxy groups -OCH3 is 1. The van der Waals surface area contributed by atoms with Crippen LogP contribution < -0.4 is 9.46 Å². The van der Waals surface area contributed by atoms with Crippen LogP contribution in [0, 0.1) is 11.6 Å². The highest BCUT2D eigenvalue weighted by molar-refractivity contribution is 7.92. The molecule has 0 spiro atoms. The zero-order valence-corrected chi connectivity index (χ0v) is 14.5. The summed E-state index contributed by atoms with van der Waals surface area (Å²) < 4.78 is 60.1. The molecule has 0 aliphatic heterocycles. The Morgan fingerprint density at radius 2 is 2.00 bits per heavy atom. The summed E-state index contributed by atoms with van der Waals surface area (Å²) in [6.07, 6.45) is 2.78. The van der Waals surface area contributed by atoms with Gasteiger partial charge in [-0.15, -0.1) is 0 Å². The van der Waals surface area contributed by atoms with Crippen LogP contribution >= 0.6 is 0 Å². The number of hydrogen-bond donors (Lipinski definition) is 1. The quantitative estimate of drug-likeness (QED) is 0.715. The van der Waals surface area contributed by atoms with Crippen molar-refractivity contribution < 1.29 is 21.9 Å². The van der Waals surface area contributed by atoms with E-state index in [9.17, 15) is 17.2 Å². The minimum Gasteiger partial charge on any atom is -0.497 e. The minimum atomic E-state index is -4.20. The lowest BCUT2D eigenvalue weighted by Gasteiger charge is -2.07. The van der Waals surface area contributed by atoms with Crippen molar-refractivity contribution in [2.45, 2.75) is 11.4 Å². The van der Waals surface area contributed by atoms with E-state index in [2.05, 4.69) is 9.82 Å². The first kappa shape index (κ1) is 17.9. The highest BCUT2D eigenvalue weighted by Gasteiger charge is 2.20. The maximum atomic E-state index is 13.7. The fourth-order valence-electron chi connectivity index (χ4n) is 2.36. The van der Waals surface area contributed by atoms with Crippen LogP contribution in [0.4, 0.5) is 14.5 Å². The average molecular weight is 379 g/mol. The van der Waals surface area contributed by atoms with Crippen molar-refractivity contribution in [3.05, 3.63) is 72.1 Å². The molecule has 0 bridgehead atoms. The Balaban J connectivity index is 1.77. The van der Waals surface area contributed by atoms with E-state index in [0.29, 0.717) is 18.4 Å². The molecule has 6 nitrogen and oxygen atoms in total. The lowest BCUT2D eigenvalue weighted by Crippen LogP contribution is -2.14. The van der Waals surface area contributed by atoms with Crippen molar-refractivity contribution in [3.8, 4) is 5.75 Å². The van der Waals surface area contributed by atoms with Gasteiger partial charge in [-0.25, -0.2) is 17.2 Å². The van der Waals surface area contributed by atoms with Crippen LogP contribution in [0.3, 0.4) is 0 Å². The highest BCUT2D eigenvalue weighted by Crippen LogP contribution is 2.20. The molecular weight excluding hydrogens is 364 g/mol. The van der Waals surface area contributed by atoms with E-state index in [0.717, 1.165) is 17.7 Å². The zero-order valence-electron chi connectivity index (χ0n) is 13.7. The van der Waals surface area contributed by atoms with Crippen LogP contribution in [0.5, 0.6) is 5.75 Å². The van der Waals surface area contributed by atoms with Gasteiger partial charge in [-0.1, -0.05) is 12.1 Å². The second kappa shape index (κ2) is 7.12. The molecule has 0 fully saturated rings. The Labute approximate surface area is 149 Å². The van der Waals surface area contributed by atoms with Gasteiger partial charge in [0.25, 0.3) is 10.0 Å². The average Bonchev–Trinajstić information content (AvgIpc) is 3.00. The highest BCUT2D eigenvalue weighted by atomic mass is 32.2. The molecule has 3 aromatic rings. The largest absolute Gasteiger partial charge is 0.497 e. The molecule has 3 rings (SSSR count). The van der Waals surface area contributed by atoms with Gasteiger partial charge in [-0.2, -0.15) is 5.10 Å². The van der Waals surface area contributed by atoms with Gasteiger partial charge in [-0.05, 0) is 29.8 Å². The number of nitrogens with one attached hydrogen (secondary N) is 1. The summed E-state index contributed by atoms with van der Waals surface area (Å²) in [5.41, 5.74) is 1.07. The van der Waals surface area contributed by atoms with E-state index >= 15 is 0 Å². The lowest BCUT2D eigenvalue weighted by atomic mass is 10.2. The summed E-state index contributed by atoms with van der Waals surface area (Å²) >= 11 is 0. The summed E-state index contributed by atoms with van der Waals surface area (Å²) in [6.45, 7) is 0.393. The molecule has 0 saturated carbocycles. The first-order chi connectivity index (χ1) is 12.4. The summed E-state index contributed by atoms with van der Waals surface area (Å²) in [5, 5.41) is 4.08. The van der Waals surface area contributed by atoms with Crippen molar-refractivity contribution in [3.63, 3.8) is 0 Å². The molecule has 0 aliphatic carbocycles. The number of benzene rings is 2. The van der Waals surface area contributed by atoms with Crippen molar-refractivity contribution in [2.75, 3.05) is 11.8 Å². The number of halogens is 2. The van der Waals surface area contributed by atoms with Gasteiger partial charge in [0, 0.05) is 12.3 Å². The normalized spacial score (nSPS) is 11.3. The van der Waals surface area contributed by atoms with Gasteiger partial charge in [0.2, 0.25) is 0 Å². The number of anilines is 1. The molecule has 0 saturated heterocycles. The lowest BCUT2D eigenvalue weighted by molar-refractivity contribution is 0.414. The van der Waals surface area contributed by atoms with E-state index in [1.807, 2.05) is 24.3 Å². The fraction of sp³-hybridized carbons (Fsp3) is 0.118. The fourth-order valence-corrected chi connectivity index (χ4v) is 3.45. The summed E-state index contributed by atoms with van der Waals surface area (Å²) in [4.78, 5) is -0.639. The Hall–Kier alpha value is -2.94. The molecule has 1 aromatic heterocycles. The SMILES string of the molecule is COc1cccc(Cn2cc(NS(=O)(=O)c3ccc(F)cc3F)cn2)c1. The summed E-state index contributed by atoms with van der Waals surface area (Å²) in [7, 11) is -2.63. The third-order valence-electron chi connectivity index (χ3n) is 3.55. The number of ether oxygens (including phenoxy) is 1. The van der Waals surface area contributed by atoms with E-state index in [4.69, 9.17) is 4.74 Å². The van der Waals surface area contributed by atoms with Crippen molar-refractivity contribution >= 4 is 15.7 Å². The van der Waals surface area contributed by atoms with Crippen LogP contribution in [-0.4, -0.2) is 25.3 Å². The molecule has 9 heteroatoms. The maximum absolute atomic E-state index is 13.7. The Morgan fingerprint density at radius 1 is 1.19 bits per heavy atom. The molecular formula is C17H15F2N3O3S. The first-order valence-electron chi connectivity index (χ1n) is 7.50. The third-order valence-corrected chi connectivity index (χ3v) is 4.96. The smallest absolute Gasteiger partial charge is 0.264 e. The molecule has 136 valence electrons. The number of aromatic nitrogens is 2. The monoisotopic (exact) mass is 379 g/mol. The molecule has 26 heavy (non-hydrogen) atoms. The molecule has 1 N–H and O–H groups in total. The molecule has 0 radical (unpaired) electrons. The molecule has 0 amide bonds. The summed E-state index contributed by atoms with van der Waals surface area (Å²) in [5.74, 6) is -1.32. The number of sulfonamides is 1. The van der Waals surface area contributed by atoms with Crippen LogP contribution in [0.25, 0.3) is 0 Å². The molecule has 0 unspecified atom stereocenters. The second-order valence-corrected chi connectivity index (χ2v) is 7.11. The van der Waals surface area contributed by atoms with Gasteiger partial charge in [0.05, 0.1) is 25.5 Å². The molecule has 2 aromatic carbocycles. The molecule has 1 heterocycles. The predicted molar refractivity (Wildman–Crippen MR) is 91.5 cm³/mol. The van der Waals surface area contributed by atoms with Gasteiger partial charge in [0.1, 0.15) is 22.3 Å². The minimum absolute atomic E-state index is 0.164. The number of nitrogens with zero attached hydrogens (tertiary/aromatic N) is 2. The topological polar surface area (TPSA) is 73.2 Å². The van der Waals surface area contributed by atoms with Crippen LogP contribution in [0.2, 0.25) is 0 Å². The van der Waals surface area contributed by atoms with E-state index in [1.54, 1.807) is 7.11 Å². The van der Waals surface area contributed by atoms with Gasteiger partial charge in [0.15, 0.2) is 0 Å². The number of rotatable bonds is 6. The standard InChI is InChI=1S/C17H15F2N3O3S/c1-25-15-4-2-3-12(7-15)10-22-11-14(9-20-22)21-26(23,24)17-6-5-13(18)8-16(17)19/h2-9,11,21H,10H2,1H3. The Kier molecular flexibility index (Phi) is 4.90. The Bertz CT molecular complexity index is 1040. The first-order valence-corrected chi connectivity index (χ1v) is 8.99. The van der Waals surface area contributed by atoms with Crippen LogP contribution in [0.1, 0.15) is 5.56 Å². The summed E-state index contributed by atoms with van der Waals surface area (Å²) in [6, 6.07) is 9.61. The van der Waals surface area contributed by atoms with Crippen molar-refractivity contribution in [2.24, 2.45) is 0 Å². The Morgan fingerprint density at radius 3 is 2.73 bits per heavy atom. The third kappa shape index (κ3) is 3.99.